The summed E-state index contributed by atoms with van der Waals surface area (Å²) < 4.78 is 8.64. The van der Waals surface area contributed by atoms with Crippen LogP contribution in [0.15, 0.2) is 67.4 Å². The predicted molar refractivity (Wildman–Crippen MR) is 165 cm³/mol. The molecule has 2 aromatic carbocycles. The van der Waals surface area contributed by atoms with Crippen molar-refractivity contribution in [3.63, 3.8) is 0 Å². The zero-order valence-corrected chi connectivity index (χ0v) is 25.9. The molecule has 0 saturated carbocycles. The molecule has 3 aliphatic rings. The van der Waals surface area contributed by atoms with Crippen LogP contribution in [0.5, 0.6) is 0 Å². The first-order chi connectivity index (χ1) is 20.6. The van der Waals surface area contributed by atoms with Gasteiger partial charge in [0.15, 0.2) is 13.9 Å². The number of carbonyl (C=O) groups excluding carboxylic acids is 2. The number of hydrogen-bond acceptors (Lipinski definition) is 7. The van der Waals surface area contributed by atoms with Crippen LogP contribution in [0.1, 0.15) is 42.5 Å². The molecule has 2 saturated heterocycles. The first-order valence-electron chi connectivity index (χ1n) is 14.9. The van der Waals surface area contributed by atoms with Crippen LogP contribution in [-0.4, -0.2) is 70.8 Å². The first-order valence-corrected chi connectivity index (χ1v) is 18.0. The van der Waals surface area contributed by atoms with E-state index in [0.29, 0.717) is 38.2 Å². The van der Waals surface area contributed by atoms with Crippen molar-refractivity contribution in [1.29, 1.82) is 0 Å². The smallest absolute Gasteiger partial charge is 0.264 e. The molecule has 1 aromatic heterocycles. The molecule has 1 spiro atoms. The number of anilines is 2. The third-order valence-corrected chi connectivity index (χ3v) is 11.9. The monoisotopic (exact) mass is 601 g/mol. The number of hydrogen-bond donors (Lipinski definition) is 2. The fraction of sp³-hybridized carbons (Fsp3) is 0.438. The summed E-state index contributed by atoms with van der Waals surface area (Å²) in [4.78, 5) is 41.6. The maximum Gasteiger partial charge on any atom is 0.264 e. The summed E-state index contributed by atoms with van der Waals surface area (Å²) >= 11 is 0. The number of nitrogens with zero attached hydrogens (tertiary/aromatic N) is 5. The Morgan fingerprint density at radius 2 is 1.98 bits per heavy atom. The lowest BCUT2D eigenvalue weighted by molar-refractivity contribution is -0.145. The number of amides is 2. The van der Waals surface area contributed by atoms with Crippen molar-refractivity contribution in [2.24, 2.45) is 5.92 Å². The number of fused-ring (bicyclic) bond motifs is 2. The van der Waals surface area contributed by atoms with E-state index in [1.54, 1.807) is 20.6 Å². The van der Waals surface area contributed by atoms with E-state index in [1.807, 2.05) is 74.7 Å². The fourth-order valence-corrected chi connectivity index (χ4v) is 9.90. The summed E-state index contributed by atoms with van der Waals surface area (Å²) in [5.74, 6) is -0.696. The van der Waals surface area contributed by atoms with E-state index in [9.17, 15) is 19.5 Å². The Hall–Kier alpha value is -3.64. The van der Waals surface area contributed by atoms with Crippen molar-refractivity contribution in [2.75, 3.05) is 29.5 Å². The van der Waals surface area contributed by atoms with Gasteiger partial charge in [0.05, 0.1) is 30.0 Å². The van der Waals surface area contributed by atoms with Crippen LogP contribution in [0, 0.1) is 5.92 Å². The summed E-state index contributed by atoms with van der Waals surface area (Å²) in [5.41, 5.74) is 2.36. The van der Waals surface area contributed by atoms with E-state index in [0.717, 1.165) is 22.5 Å². The Kier molecular flexibility index (Phi) is 7.62. The Balaban J connectivity index is 1.31. The largest absolute Gasteiger partial charge is 0.432 e. The zero-order chi connectivity index (χ0) is 30.5. The Labute approximate surface area is 252 Å². The van der Waals surface area contributed by atoms with Crippen molar-refractivity contribution in [1.82, 2.24) is 15.0 Å². The topological polar surface area (TPSA) is 121 Å². The molecule has 226 valence electrons. The average Bonchev–Trinajstić information content (AvgIpc) is 3.63. The van der Waals surface area contributed by atoms with Crippen molar-refractivity contribution >= 4 is 31.5 Å². The molecule has 6 rings (SSSR count). The van der Waals surface area contributed by atoms with Crippen molar-refractivity contribution < 1.29 is 24.2 Å². The predicted octanol–water partition coefficient (Wildman–Crippen LogP) is 3.56. The minimum Gasteiger partial charge on any atom is -0.432 e. The highest BCUT2D eigenvalue weighted by atomic mass is 28.4. The lowest BCUT2D eigenvalue weighted by Gasteiger charge is -2.33. The van der Waals surface area contributed by atoms with Gasteiger partial charge in [-0.1, -0.05) is 48.5 Å². The van der Waals surface area contributed by atoms with E-state index in [4.69, 9.17) is 4.74 Å². The van der Waals surface area contributed by atoms with Crippen LogP contribution in [0.4, 0.5) is 11.4 Å². The molecular formula is C32H39N5O5Si. The third-order valence-electron chi connectivity index (χ3n) is 9.38. The number of carbonyl (C=O) groups is 2. The number of rotatable bonds is 10. The van der Waals surface area contributed by atoms with Gasteiger partial charge >= 0.3 is 0 Å². The SMILES string of the molecule is C=CCN1C(=O)[C@]2(O[C@H](CCn3cc(C(CO)c4ccccc4)nn3)[C@@H]([Si](C)(C)O)[C@@H]2C)c2cc(N3CCC3=O)ccc21. The summed E-state index contributed by atoms with van der Waals surface area (Å²) in [7, 11) is -2.84. The fourth-order valence-electron chi connectivity index (χ4n) is 7.30. The number of ether oxygens (including phenoxy) is 1. The number of β-lactam (4-membered cyclic amide) rings is 1. The summed E-state index contributed by atoms with van der Waals surface area (Å²) in [6.45, 7) is 11.0. The number of aryl methyl sites for hydroxylation is 1. The van der Waals surface area contributed by atoms with E-state index in [-0.39, 0.29) is 35.8 Å². The summed E-state index contributed by atoms with van der Waals surface area (Å²) in [6, 6.07) is 15.4. The van der Waals surface area contributed by atoms with Crippen LogP contribution < -0.4 is 9.80 Å². The van der Waals surface area contributed by atoms with E-state index in [1.165, 1.54) is 0 Å². The maximum absolute atomic E-state index is 14.3. The van der Waals surface area contributed by atoms with Crippen LogP contribution >= 0.6 is 0 Å². The second kappa shape index (κ2) is 11.1. The second-order valence-corrected chi connectivity index (χ2v) is 16.4. The standard InChI is InChI=1S/C32H39N5O5Si/c1-5-15-37-27-12-11-23(36-17-14-29(36)39)18-25(27)32(31(37)40)21(2)30(43(3,4)41)28(42-32)13-16-35-19-26(33-34-35)24(20-38)22-9-7-6-8-10-22/h5-12,18-19,21,24,28,30,38,41H,1,13-17,20H2,2-4H3/t21-,24?,28+,30-,32+/m0/s1. The Morgan fingerprint density at radius 1 is 1.21 bits per heavy atom. The molecule has 0 aliphatic carbocycles. The lowest BCUT2D eigenvalue weighted by atomic mass is 9.82. The van der Waals surface area contributed by atoms with E-state index in [2.05, 4.69) is 16.9 Å². The van der Waals surface area contributed by atoms with E-state index >= 15 is 0 Å². The molecule has 10 nitrogen and oxygen atoms in total. The van der Waals surface area contributed by atoms with Crippen LogP contribution in [0.2, 0.25) is 18.6 Å². The van der Waals surface area contributed by atoms with Crippen LogP contribution in [-0.2, 0) is 26.5 Å². The molecule has 0 radical (unpaired) electrons. The summed E-state index contributed by atoms with van der Waals surface area (Å²) in [5, 5.41) is 18.8. The normalized spacial score (nSPS) is 25.7. The van der Waals surface area contributed by atoms with Gasteiger partial charge in [0.1, 0.15) is 0 Å². The van der Waals surface area contributed by atoms with Crippen molar-refractivity contribution in [3.05, 3.63) is 84.2 Å². The number of aromatic nitrogens is 3. The van der Waals surface area contributed by atoms with Gasteiger partial charge in [0.2, 0.25) is 5.91 Å². The number of aliphatic hydroxyl groups excluding tert-OH is 1. The lowest BCUT2D eigenvalue weighted by Crippen LogP contribution is -2.46. The Bertz CT molecular complexity index is 1540. The van der Waals surface area contributed by atoms with Gasteiger partial charge in [-0.2, -0.15) is 0 Å². The highest BCUT2D eigenvalue weighted by molar-refractivity contribution is 6.71. The molecule has 1 unspecified atom stereocenters. The quantitative estimate of drug-likeness (QED) is 0.207. The Morgan fingerprint density at radius 3 is 2.60 bits per heavy atom. The van der Waals surface area contributed by atoms with Gasteiger partial charge in [0, 0.05) is 55.0 Å². The molecule has 2 N–H and O–H groups in total. The first kappa shape index (κ1) is 29.4. The van der Waals surface area contributed by atoms with Gasteiger partial charge < -0.3 is 24.4 Å². The molecular weight excluding hydrogens is 562 g/mol. The van der Waals surface area contributed by atoms with Gasteiger partial charge in [-0.05, 0) is 43.3 Å². The molecule has 0 bridgehead atoms. The van der Waals surface area contributed by atoms with Gasteiger partial charge in [0.25, 0.3) is 5.91 Å². The third kappa shape index (κ3) is 4.84. The minimum atomic E-state index is -2.84. The molecule has 43 heavy (non-hydrogen) atoms. The van der Waals surface area contributed by atoms with Gasteiger partial charge in [-0.3, -0.25) is 14.3 Å². The van der Waals surface area contributed by atoms with Crippen LogP contribution in [0.25, 0.3) is 0 Å². The molecule has 4 heterocycles. The zero-order valence-electron chi connectivity index (χ0n) is 24.9. The highest BCUT2D eigenvalue weighted by Crippen LogP contribution is 2.60. The van der Waals surface area contributed by atoms with Crippen molar-refractivity contribution in [3.8, 4) is 0 Å². The molecule has 5 atom stereocenters. The van der Waals surface area contributed by atoms with Gasteiger partial charge in [-0.15, -0.1) is 11.7 Å². The molecule has 2 fully saturated rings. The second-order valence-electron chi connectivity index (χ2n) is 12.4. The minimum absolute atomic E-state index is 0.0595. The van der Waals surface area contributed by atoms with Gasteiger partial charge in [-0.25, -0.2) is 0 Å². The van der Waals surface area contributed by atoms with Crippen molar-refractivity contribution in [2.45, 2.75) is 62.6 Å². The average molecular weight is 602 g/mol. The summed E-state index contributed by atoms with van der Waals surface area (Å²) in [6.07, 6.45) is 4.16. The van der Waals surface area contributed by atoms with E-state index < -0.39 is 20.0 Å². The van der Waals surface area contributed by atoms with Crippen LogP contribution in [0.3, 0.4) is 0 Å². The highest BCUT2D eigenvalue weighted by Gasteiger charge is 2.66. The molecule has 2 amide bonds. The molecule has 3 aliphatic heterocycles. The maximum atomic E-state index is 14.3. The number of aliphatic hydroxyl groups is 1. The molecule has 11 heteroatoms. The molecule has 3 aromatic rings. The number of benzene rings is 2.